The monoisotopic (exact) mass is 453 g/mol. The molecule has 0 bridgehead atoms. The van der Waals surface area contributed by atoms with Gasteiger partial charge < -0.3 is 4.90 Å². The van der Waals surface area contributed by atoms with Crippen LogP contribution in [0.15, 0.2) is 64.8 Å². The van der Waals surface area contributed by atoms with Gasteiger partial charge in [0.25, 0.3) is 5.91 Å². The molecule has 3 heterocycles. The first-order valence-electron chi connectivity index (χ1n) is 12.0. The van der Waals surface area contributed by atoms with Crippen molar-refractivity contribution in [1.82, 2.24) is 14.7 Å². The van der Waals surface area contributed by atoms with Gasteiger partial charge in [0.1, 0.15) is 0 Å². The maximum absolute atomic E-state index is 13.8. The molecule has 3 aliphatic heterocycles. The van der Waals surface area contributed by atoms with Gasteiger partial charge in [0, 0.05) is 50.3 Å². The molecule has 0 spiro atoms. The molecule has 0 aliphatic carbocycles. The molecule has 0 fully saturated rings. The number of nitriles is 1. The van der Waals surface area contributed by atoms with Crippen LogP contribution in [0.3, 0.4) is 0 Å². The van der Waals surface area contributed by atoms with E-state index in [-0.39, 0.29) is 11.3 Å². The van der Waals surface area contributed by atoms with Gasteiger partial charge in [0.05, 0.1) is 23.8 Å². The Morgan fingerprint density at radius 2 is 1.88 bits per heavy atom. The lowest BCUT2D eigenvalue weighted by Crippen LogP contribution is -2.59. The van der Waals surface area contributed by atoms with Gasteiger partial charge in [-0.05, 0) is 30.2 Å². The molecule has 0 N–H and O–H groups in total. The number of aliphatic imine (C=N–C) groups is 1. The summed E-state index contributed by atoms with van der Waals surface area (Å²) in [7, 11) is 0. The zero-order valence-electron chi connectivity index (χ0n) is 20.2. The van der Waals surface area contributed by atoms with Gasteiger partial charge in [-0.3, -0.25) is 19.6 Å². The van der Waals surface area contributed by atoms with Gasteiger partial charge in [-0.1, -0.05) is 55.8 Å². The molecule has 1 amide bonds. The van der Waals surface area contributed by atoms with E-state index in [1.54, 1.807) is 0 Å². The first-order chi connectivity index (χ1) is 16.3. The molecule has 0 saturated heterocycles. The maximum Gasteiger partial charge on any atom is 0.259 e. The Morgan fingerprint density at radius 3 is 2.65 bits per heavy atom. The van der Waals surface area contributed by atoms with Crippen LogP contribution in [0.2, 0.25) is 0 Å². The van der Waals surface area contributed by atoms with Crippen LogP contribution in [0, 0.1) is 23.7 Å². The first-order valence-corrected chi connectivity index (χ1v) is 12.0. The number of hydrogen-bond acceptors (Lipinski definition) is 5. The topological polar surface area (TPSA) is 62.9 Å². The molecule has 0 atom stereocenters. The molecule has 0 saturated carbocycles. The van der Waals surface area contributed by atoms with Crippen LogP contribution < -0.4 is 0 Å². The second-order valence-corrected chi connectivity index (χ2v) is 10.4. The zero-order valence-corrected chi connectivity index (χ0v) is 20.2. The molecule has 34 heavy (non-hydrogen) atoms. The number of hydrogen-bond donors (Lipinski definition) is 0. The van der Waals surface area contributed by atoms with Gasteiger partial charge >= 0.3 is 0 Å². The molecule has 2 aromatic carbocycles. The van der Waals surface area contributed by atoms with Gasteiger partial charge in [-0.25, -0.2) is 0 Å². The average molecular weight is 454 g/mol. The Morgan fingerprint density at radius 1 is 1.09 bits per heavy atom. The molecular formula is C28H31N5O. The van der Waals surface area contributed by atoms with Crippen LogP contribution in [0.5, 0.6) is 0 Å². The summed E-state index contributed by atoms with van der Waals surface area (Å²) >= 11 is 0. The molecule has 0 aromatic heterocycles. The number of fused-ring (bicyclic) bond motifs is 2. The van der Waals surface area contributed by atoms with Crippen LogP contribution in [0.4, 0.5) is 0 Å². The summed E-state index contributed by atoms with van der Waals surface area (Å²) in [6.07, 6.45) is 0.826. The molecule has 6 heteroatoms. The highest BCUT2D eigenvalue weighted by atomic mass is 16.2. The largest absolute Gasteiger partial charge is 0.315 e. The predicted octanol–water partition coefficient (Wildman–Crippen LogP) is 4.07. The van der Waals surface area contributed by atoms with Crippen molar-refractivity contribution >= 4 is 11.9 Å². The summed E-state index contributed by atoms with van der Waals surface area (Å²) in [5, 5.41) is 9.24. The van der Waals surface area contributed by atoms with Crippen molar-refractivity contribution < 1.29 is 4.79 Å². The SMILES string of the molecule is Cc1ccc(CN2C(=O)C3=C(CCN(Cc4cccc(C#N)c4)C3)N3CC(C)(C)CN=C23)cc1. The Kier molecular flexibility index (Phi) is 5.75. The van der Waals surface area contributed by atoms with E-state index in [0.29, 0.717) is 18.7 Å². The minimum atomic E-state index is 0.0619. The molecular weight excluding hydrogens is 422 g/mol. The van der Waals surface area contributed by atoms with Gasteiger partial charge in [-0.2, -0.15) is 5.26 Å². The number of guanidine groups is 1. The second kappa shape index (κ2) is 8.73. The molecule has 174 valence electrons. The van der Waals surface area contributed by atoms with E-state index in [1.165, 1.54) is 5.56 Å². The summed E-state index contributed by atoms with van der Waals surface area (Å²) in [4.78, 5) is 25.2. The fraction of sp³-hybridized carbons (Fsp3) is 0.393. The number of aryl methyl sites for hydroxylation is 1. The van der Waals surface area contributed by atoms with E-state index in [0.717, 1.165) is 61.0 Å². The third-order valence-corrected chi connectivity index (χ3v) is 6.87. The van der Waals surface area contributed by atoms with Crippen LogP contribution in [-0.2, 0) is 17.9 Å². The van der Waals surface area contributed by atoms with E-state index < -0.39 is 0 Å². The molecule has 0 radical (unpaired) electrons. The lowest BCUT2D eigenvalue weighted by Gasteiger charge is -2.48. The third-order valence-electron chi connectivity index (χ3n) is 6.87. The van der Waals surface area contributed by atoms with Crippen LogP contribution in [-0.4, -0.2) is 52.7 Å². The number of carbonyl (C=O) groups excluding carboxylic acids is 1. The summed E-state index contributed by atoms with van der Waals surface area (Å²) in [5.41, 5.74) is 6.17. The van der Waals surface area contributed by atoms with Crippen molar-refractivity contribution in [3.05, 3.63) is 82.1 Å². The molecule has 6 nitrogen and oxygen atoms in total. The summed E-state index contributed by atoms with van der Waals surface area (Å²) < 4.78 is 0. The molecule has 5 rings (SSSR count). The van der Waals surface area contributed by atoms with Crippen LogP contribution in [0.1, 0.15) is 42.5 Å². The number of rotatable bonds is 4. The van der Waals surface area contributed by atoms with E-state index in [1.807, 2.05) is 23.1 Å². The average Bonchev–Trinajstić information content (AvgIpc) is 2.83. The third kappa shape index (κ3) is 4.36. The second-order valence-electron chi connectivity index (χ2n) is 10.4. The van der Waals surface area contributed by atoms with Gasteiger partial charge in [0.2, 0.25) is 5.96 Å². The van der Waals surface area contributed by atoms with Crippen LogP contribution in [0.25, 0.3) is 0 Å². The Hall–Kier alpha value is -3.43. The highest BCUT2D eigenvalue weighted by Gasteiger charge is 2.43. The Bertz CT molecular complexity index is 1220. The molecule has 2 aromatic rings. The van der Waals surface area contributed by atoms with E-state index in [2.05, 4.69) is 67.0 Å². The van der Waals surface area contributed by atoms with Gasteiger partial charge in [-0.15, -0.1) is 0 Å². The van der Waals surface area contributed by atoms with E-state index >= 15 is 0 Å². The summed E-state index contributed by atoms with van der Waals surface area (Å²) in [5.74, 6) is 0.875. The van der Waals surface area contributed by atoms with Crippen molar-refractivity contribution in [2.45, 2.75) is 40.3 Å². The van der Waals surface area contributed by atoms with Crippen LogP contribution >= 0.6 is 0 Å². The smallest absolute Gasteiger partial charge is 0.259 e. The standard InChI is InChI=1S/C28H31N5O/c1-20-7-9-21(10-8-20)16-32-26(34)24-17-31(15-23-6-4-5-22(13-23)14-29)12-11-25(24)33-19-28(2,3)18-30-27(32)33/h4-10,13H,11-12,15-19H2,1-3H3. The number of amides is 1. The van der Waals surface area contributed by atoms with Crippen molar-refractivity contribution in [2.24, 2.45) is 10.4 Å². The summed E-state index contributed by atoms with van der Waals surface area (Å²) in [6.45, 7) is 10.9. The van der Waals surface area contributed by atoms with Gasteiger partial charge in [0.15, 0.2) is 0 Å². The fourth-order valence-corrected chi connectivity index (χ4v) is 5.07. The van der Waals surface area contributed by atoms with Crippen molar-refractivity contribution in [3.8, 4) is 6.07 Å². The summed E-state index contributed by atoms with van der Waals surface area (Å²) in [6, 6.07) is 18.3. The predicted molar refractivity (Wildman–Crippen MR) is 133 cm³/mol. The minimum Gasteiger partial charge on any atom is -0.315 e. The number of nitrogens with zero attached hydrogens (tertiary/aromatic N) is 5. The quantitative estimate of drug-likeness (QED) is 0.700. The Labute approximate surface area is 201 Å². The minimum absolute atomic E-state index is 0.0619. The Balaban J connectivity index is 1.45. The normalized spacial score (nSPS) is 19.9. The highest BCUT2D eigenvalue weighted by molar-refractivity contribution is 6.09. The zero-order chi connectivity index (χ0) is 23.9. The highest BCUT2D eigenvalue weighted by Crippen LogP contribution is 2.35. The number of benzene rings is 2. The lowest BCUT2D eigenvalue weighted by molar-refractivity contribution is -0.126. The van der Waals surface area contributed by atoms with Crippen molar-refractivity contribution in [1.29, 1.82) is 5.26 Å². The molecule has 3 aliphatic rings. The first kappa shape index (κ1) is 22.4. The van der Waals surface area contributed by atoms with E-state index in [9.17, 15) is 10.1 Å². The van der Waals surface area contributed by atoms with Crippen molar-refractivity contribution in [3.63, 3.8) is 0 Å². The fourth-order valence-electron chi connectivity index (χ4n) is 5.07. The van der Waals surface area contributed by atoms with Crippen molar-refractivity contribution in [2.75, 3.05) is 26.2 Å². The van der Waals surface area contributed by atoms with E-state index in [4.69, 9.17) is 4.99 Å². The lowest BCUT2D eigenvalue weighted by atomic mass is 9.89. The molecule has 0 unspecified atom stereocenters. The maximum atomic E-state index is 13.8. The number of carbonyl (C=O) groups is 1.